The molecule has 1 aromatic heterocycles. The van der Waals surface area contributed by atoms with Gasteiger partial charge in [0.15, 0.2) is 5.82 Å². The Morgan fingerprint density at radius 2 is 2.12 bits per heavy atom. The molecule has 1 aliphatic rings. The zero-order chi connectivity index (χ0) is 11.4. The first-order chi connectivity index (χ1) is 7.81. The molecule has 6 heteroatoms. The fourth-order valence-electron chi connectivity index (χ4n) is 2.08. The monoisotopic (exact) mass is 260 g/mol. The molecule has 0 radical (unpaired) electrons. The van der Waals surface area contributed by atoms with Crippen LogP contribution in [0.2, 0.25) is 0 Å². The summed E-state index contributed by atoms with van der Waals surface area (Å²) in [6.45, 7) is 5.83. The number of hydrogen-bond acceptors (Lipinski definition) is 5. The van der Waals surface area contributed by atoms with Crippen molar-refractivity contribution in [2.75, 3.05) is 19.6 Å². The second-order valence-electron chi connectivity index (χ2n) is 4.41. The summed E-state index contributed by atoms with van der Waals surface area (Å²) in [7, 11) is 0. The Morgan fingerprint density at radius 1 is 1.41 bits per heavy atom. The molecule has 17 heavy (non-hydrogen) atoms. The fourth-order valence-corrected chi connectivity index (χ4v) is 2.08. The molecule has 0 aromatic carbocycles. The molecule has 2 N–H and O–H groups in total. The zero-order valence-corrected chi connectivity index (χ0v) is 11.1. The third-order valence-electron chi connectivity index (χ3n) is 3.22. The third-order valence-corrected chi connectivity index (χ3v) is 3.22. The van der Waals surface area contributed by atoms with Crippen molar-refractivity contribution in [3.8, 4) is 0 Å². The molecular weight excluding hydrogens is 240 g/mol. The van der Waals surface area contributed by atoms with Gasteiger partial charge < -0.3 is 10.3 Å². The number of nitrogens with two attached hydrogens (primary N) is 1. The first-order valence-electron chi connectivity index (χ1n) is 6.05. The molecule has 5 nitrogen and oxygen atoms in total. The quantitative estimate of drug-likeness (QED) is 0.882. The van der Waals surface area contributed by atoms with Crippen LogP contribution in [0.1, 0.15) is 31.5 Å². The number of halogens is 1. The first kappa shape index (κ1) is 14.4. The second kappa shape index (κ2) is 6.93. The van der Waals surface area contributed by atoms with Crippen LogP contribution in [0.3, 0.4) is 0 Å². The Labute approximate surface area is 108 Å². The summed E-state index contributed by atoms with van der Waals surface area (Å²) in [5.74, 6) is 2.24. The summed E-state index contributed by atoms with van der Waals surface area (Å²) < 4.78 is 5.09. The van der Waals surface area contributed by atoms with Crippen molar-refractivity contribution in [1.82, 2.24) is 15.0 Å². The van der Waals surface area contributed by atoms with E-state index in [9.17, 15) is 0 Å². The van der Waals surface area contributed by atoms with Gasteiger partial charge in [-0.3, -0.25) is 4.90 Å². The normalized spacial score (nSPS) is 18.0. The van der Waals surface area contributed by atoms with Gasteiger partial charge in [0.1, 0.15) is 0 Å². The SMILES string of the molecule is CCc1nc(CN2CCC(CN)CC2)no1.Cl. The minimum absolute atomic E-state index is 0. The minimum atomic E-state index is 0. The van der Waals surface area contributed by atoms with Crippen LogP contribution in [0.15, 0.2) is 4.52 Å². The Hall–Kier alpha value is -0.650. The highest BCUT2D eigenvalue weighted by molar-refractivity contribution is 5.85. The summed E-state index contributed by atoms with van der Waals surface area (Å²) in [6, 6.07) is 0. The average molecular weight is 261 g/mol. The lowest BCUT2D eigenvalue weighted by molar-refractivity contribution is 0.175. The smallest absolute Gasteiger partial charge is 0.226 e. The summed E-state index contributed by atoms with van der Waals surface area (Å²) in [6.07, 6.45) is 3.19. The van der Waals surface area contributed by atoms with Gasteiger partial charge in [0, 0.05) is 6.42 Å². The maximum absolute atomic E-state index is 5.66. The lowest BCUT2D eigenvalue weighted by atomic mass is 9.97. The largest absolute Gasteiger partial charge is 0.339 e. The predicted molar refractivity (Wildman–Crippen MR) is 68.0 cm³/mol. The molecular formula is C11H21ClN4O. The van der Waals surface area contributed by atoms with E-state index in [-0.39, 0.29) is 12.4 Å². The highest BCUT2D eigenvalue weighted by atomic mass is 35.5. The summed E-state index contributed by atoms with van der Waals surface area (Å²) >= 11 is 0. The first-order valence-corrected chi connectivity index (χ1v) is 6.05. The number of hydrogen-bond donors (Lipinski definition) is 1. The van der Waals surface area contributed by atoms with Gasteiger partial charge in [-0.2, -0.15) is 4.98 Å². The Morgan fingerprint density at radius 3 is 2.65 bits per heavy atom. The van der Waals surface area contributed by atoms with Crippen LogP contribution in [0, 0.1) is 5.92 Å². The minimum Gasteiger partial charge on any atom is -0.339 e. The standard InChI is InChI=1S/C11H20N4O.ClH/c1-2-11-13-10(14-16-11)8-15-5-3-9(7-12)4-6-15;/h9H,2-8,12H2,1H3;1H. The van der Waals surface area contributed by atoms with E-state index in [1.54, 1.807) is 0 Å². The lowest BCUT2D eigenvalue weighted by Gasteiger charge is -2.30. The third kappa shape index (κ3) is 3.94. The molecule has 0 aliphatic carbocycles. The van der Waals surface area contributed by atoms with Crippen LogP contribution in [-0.4, -0.2) is 34.7 Å². The molecule has 2 rings (SSSR count). The maximum atomic E-state index is 5.66. The number of rotatable bonds is 4. The maximum Gasteiger partial charge on any atom is 0.226 e. The molecule has 1 aromatic rings. The number of likely N-dealkylation sites (tertiary alicyclic amines) is 1. The van der Waals surface area contributed by atoms with Crippen molar-refractivity contribution in [3.05, 3.63) is 11.7 Å². The Kier molecular flexibility index (Phi) is 5.88. The molecule has 1 fully saturated rings. The fraction of sp³-hybridized carbons (Fsp3) is 0.818. The Bertz CT molecular complexity index is 323. The highest BCUT2D eigenvalue weighted by Crippen LogP contribution is 2.17. The zero-order valence-electron chi connectivity index (χ0n) is 10.3. The highest BCUT2D eigenvalue weighted by Gasteiger charge is 2.19. The van der Waals surface area contributed by atoms with Gasteiger partial charge in [-0.15, -0.1) is 12.4 Å². The van der Waals surface area contributed by atoms with E-state index < -0.39 is 0 Å². The van der Waals surface area contributed by atoms with Gasteiger partial charge in [-0.1, -0.05) is 12.1 Å². The molecule has 0 atom stereocenters. The molecule has 0 saturated carbocycles. The summed E-state index contributed by atoms with van der Waals surface area (Å²) in [5.41, 5.74) is 5.66. The van der Waals surface area contributed by atoms with Crippen molar-refractivity contribution in [3.63, 3.8) is 0 Å². The van der Waals surface area contributed by atoms with E-state index in [0.29, 0.717) is 5.92 Å². The molecule has 0 unspecified atom stereocenters. The van der Waals surface area contributed by atoms with Gasteiger partial charge in [-0.05, 0) is 38.4 Å². The van der Waals surface area contributed by atoms with Crippen molar-refractivity contribution >= 4 is 12.4 Å². The molecule has 1 aliphatic heterocycles. The van der Waals surface area contributed by atoms with Crippen molar-refractivity contribution in [2.45, 2.75) is 32.7 Å². The number of aromatic nitrogens is 2. The topological polar surface area (TPSA) is 68.2 Å². The van der Waals surface area contributed by atoms with Crippen molar-refractivity contribution in [1.29, 1.82) is 0 Å². The molecule has 1 saturated heterocycles. The number of piperidine rings is 1. The lowest BCUT2D eigenvalue weighted by Crippen LogP contribution is -2.35. The van der Waals surface area contributed by atoms with Crippen molar-refractivity contribution < 1.29 is 4.52 Å². The molecule has 98 valence electrons. The van der Waals surface area contributed by atoms with Crippen LogP contribution in [0.4, 0.5) is 0 Å². The Balaban J connectivity index is 0.00000144. The average Bonchev–Trinajstić information content (AvgIpc) is 2.78. The molecule has 0 amide bonds. The van der Waals surface area contributed by atoms with Crippen LogP contribution in [0.25, 0.3) is 0 Å². The van der Waals surface area contributed by atoms with Gasteiger partial charge in [0.25, 0.3) is 0 Å². The number of aryl methyl sites for hydroxylation is 1. The van der Waals surface area contributed by atoms with E-state index in [4.69, 9.17) is 10.3 Å². The van der Waals surface area contributed by atoms with E-state index >= 15 is 0 Å². The van der Waals surface area contributed by atoms with Crippen LogP contribution in [-0.2, 0) is 13.0 Å². The number of nitrogens with zero attached hydrogens (tertiary/aromatic N) is 3. The van der Waals surface area contributed by atoms with Gasteiger partial charge in [0.2, 0.25) is 5.89 Å². The van der Waals surface area contributed by atoms with Crippen molar-refractivity contribution in [2.24, 2.45) is 11.7 Å². The van der Waals surface area contributed by atoms with Crippen LogP contribution < -0.4 is 5.73 Å². The van der Waals surface area contributed by atoms with Gasteiger partial charge >= 0.3 is 0 Å². The second-order valence-corrected chi connectivity index (χ2v) is 4.41. The van der Waals surface area contributed by atoms with Gasteiger partial charge in [-0.25, -0.2) is 0 Å². The van der Waals surface area contributed by atoms with Crippen LogP contribution >= 0.6 is 12.4 Å². The summed E-state index contributed by atoms with van der Waals surface area (Å²) in [5, 5.41) is 3.97. The molecule has 0 spiro atoms. The molecule has 2 heterocycles. The van der Waals surface area contributed by atoms with E-state index in [0.717, 1.165) is 44.3 Å². The van der Waals surface area contributed by atoms with E-state index in [1.165, 1.54) is 12.8 Å². The van der Waals surface area contributed by atoms with Gasteiger partial charge in [0.05, 0.1) is 6.54 Å². The predicted octanol–water partition coefficient (Wildman–Crippen LogP) is 1.22. The van der Waals surface area contributed by atoms with Crippen LogP contribution in [0.5, 0.6) is 0 Å². The summed E-state index contributed by atoms with van der Waals surface area (Å²) in [4.78, 5) is 6.69. The van der Waals surface area contributed by atoms with E-state index in [1.807, 2.05) is 6.92 Å². The van der Waals surface area contributed by atoms with E-state index in [2.05, 4.69) is 15.0 Å². The molecule has 0 bridgehead atoms.